The number of halogens is 3. The normalized spacial score (nSPS) is 12.8. The zero-order chi connectivity index (χ0) is 74.7. The lowest BCUT2D eigenvalue weighted by atomic mass is 9.99. The summed E-state index contributed by atoms with van der Waals surface area (Å²) in [6.45, 7) is 18.1. The lowest BCUT2D eigenvalue weighted by Gasteiger charge is -2.19. The van der Waals surface area contributed by atoms with Crippen molar-refractivity contribution in [3.05, 3.63) is 323 Å². The van der Waals surface area contributed by atoms with Crippen LogP contribution in [-0.4, -0.2) is 76.1 Å². The van der Waals surface area contributed by atoms with Crippen LogP contribution in [0.15, 0.2) is 250 Å². The number of hydrogen-bond acceptors (Lipinski definition) is 16. The molecule has 0 spiro atoms. The molecule has 19 nitrogen and oxygen atoms in total. The van der Waals surface area contributed by atoms with Gasteiger partial charge in [-0.25, -0.2) is 0 Å². The van der Waals surface area contributed by atoms with Crippen LogP contribution < -0.4 is 0 Å². The highest BCUT2D eigenvalue weighted by atomic mass is 127. The summed E-state index contributed by atoms with van der Waals surface area (Å²) < 4.78 is 30.4. The van der Waals surface area contributed by atoms with E-state index in [2.05, 4.69) is 244 Å². The summed E-state index contributed by atoms with van der Waals surface area (Å²) in [5.41, 5.74) is 28.0. The van der Waals surface area contributed by atoms with Crippen LogP contribution >= 0.6 is 61.1 Å². The molecule has 3 aliphatic heterocycles. The van der Waals surface area contributed by atoms with Crippen molar-refractivity contribution >= 4 is 99.1 Å². The third kappa shape index (κ3) is 15.0. The van der Waals surface area contributed by atoms with Crippen LogP contribution in [-0.2, 0) is 26.7 Å². The molecule has 536 valence electrons. The second-order valence-corrected chi connectivity index (χ2v) is 29.5. The van der Waals surface area contributed by atoms with E-state index in [0.29, 0.717) is 0 Å². The van der Waals surface area contributed by atoms with Crippen molar-refractivity contribution in [1.82, 2.24) is 59.9 Å². The molecular weight excluding hydrogens is 1640 g/mol. The Labute approximate surface area is 659 Å². The molecule has 0 fully saturated rings. The second kappa shape index (κ2) is 31.7. The SMILES string of the molecule is Brc1ccc2c(c1)CN=C2.Cc1noc(C)c1-c1ccc2c(-c3cnn(C)c3)nn(C(c3ccccc3)c3ccccn3)c2c1.Cc1noc(C)c1-c1ccc2c(I)nn(C(c3ccccc3)c3ccccn3)c2c1.Cc1noc(C)c1-c1ccc2c(c1)CN=C2.Cc1noc(C)c1-c1ccc2c(c1)CN=C2I. The van der Waals surface area contributed by atoms with Gasteiger partial charge in [-0.2, -0.15) is 15.3 Å². The standard InChI is InChI=1S/C28H24N6O.C24H19IN4O.C13H11IN2O.C13H12N2O.C8H6BrN/c1-18-26(19(2)35-32-18)21-12-13-23-25(15-21)34(31-27(23)22-16-30-33(3)17-22)28(20-9-5-4-6-10-20)24-11-7-8-14-29-24;1-15-22(16(2)30-28-15)18-11-12-19-21(14-18)29(27-24(19)25)23(17-8-4-3-5-9-17)20-10-6-7-13-26-20;1-7-12(8(2)17-16-7)9-3-4-11-10(5-9)6-15-13(11)14;1-8-13(9(2)16-15-8)10-3-4-11-6-14-7-12(11)5-10;9-8-2-1-6-4-10-5-7(6)3-8/h4-17,28H,1-3H3;3-14,23H,1-2H3;3-5H,6H2,1-2H3;3-6H,7H2,1-2H3;1-4H,5H2. The zero-order valence-electron chi connectivity index (χ0n) is 60.6. The molecule has 19 rings (SSSR count). The molecule has 0 radical (unpaired) electrons. The topological polar surface area (TPSA) is 220 Å². The number of benzene rings is 7. The van der Waals surface area contributed by atoms with E-state index in [1.54, 1.807) is 4.68 Å². The molecule has 0 N–H and O–H groups in total. The van der Waals surface area contributed by atoms with E-state index in [1.807, 2.05) is 160 Å². The van der Waals surface area contributed by atoms with Crippen LogP contribution in [0, 0.1) is 59.1 Å². The van der Waals surface area contributed by atoms with E-state index < -0.39 is 0 Å². The maximum absolute atomic E-state index is 5.46. The number of aryl methyl sites for hydroxylation is 9. The van der Waals surface area contributed by atoms with Crippen molar-refractivity contribution in [1.29, 1.82) is 0 Å². The summed E-state index contributed by atoms with van der Waals surface area (Å²) >= 11 is 8.00. The third-order valence-corrected chi connectivity index (χ3v) is 21.5. The Balaban J connectivity index is 0.000000114. The lowest BCUT2D eigenvalue weighted by Crippen LogP contribution is -2.15. The number of rotatable bonds is 11. The Morgan fingerprint density at radius 3 is 1.36 bits per heavy atom. The highest BCUT2D eigenvalue weighted by Crippen LogP contribution is 2.40. The monoisotopic (exact) mass is 1710 g/mol. The molecule has 108 heavy (non-hydrogen) atoms. The molecule has 2 unspecified atom stereocenters. The summed E-state index contributed by atoms with van der Waals surface area (Å²) in [5.74, 6) is 3.36. The summed E-state index contributed by atoms with van der Waals surface area (Å²) in [4.78, 5) is 22.2. The minimum Gasteiger partial charge on any atom is -0.361 e. The first-order valence-electron chi connectivity index (χ1n) is 35.1. The van der Waals surface area contributed by atoms with Crippen molar-refractivity contribution in [2.24, 2.45) is 22.0 Å². The number of aromatic nitrogens is 12. The summed E-state index contributed by atoms with van der Waals surface area (Å²) in [7, 11) is 1.92. The maximum atomic E-state index is 5.46. The summed E-state index contributed by atoms with van der Waals surface area (Å²) in [5, 5.41) is 32.9. The maximum Gasteiger partial charge on any atom is 0.141 e. The van der Waals surface area contributed by atoms with Crippen molar-refractivity contribution in [2.75, 3.05) is 0 Å². The molecule has 7 aromatic carbocycles. The Kier molecular flexibility index (Phi) is 21.2. The van der Waals surface area contributed by atoms with E-state index in [4.69, 9.17) is 33.3 Å². The molecular formula is C86H72BrI2N15O4. The molecule has 0 saturated carbocycles. The number of pyridine rings is 2. The predicted octanol–water partition coefficient (Wildman–Crippen LogP) is 20.6. The molecule has 2 atom stereocenters. The van der Waals surface area contributed by atoms with E-state index in [9.17, 15) is 0 Å². The van der Waals surface area contributed by atoms with Gasteiger partial charge in [-0.15, -0.1) is 0 Å². The van der Waals surface area contributed by atoms with Gasteiger partial charge >= 0.3 is 0 Å². The van der Waals surface area contributed by atoms with E-state index in [1.165, 1.54) is 44.5 Å². The zero-order valence-corrected chi connectivity index (χ0v) is 66.5. The molecule has 16 aromatic rings. The average Bonchev–Trinajstić information content (AvgIpc) is 1.59. The number of aliphatic imine (C=N–C) groups is 3. The summed E-state index contributed by atoms with van der Waals surface area (Å²) in [6.07, 6.45) is 11.3. The van der Waals surface area contributed by atoms with Crippen LogP contribution in [0.5, 0.6) is 0 Å². The van der Waals surface area contributed by atoms with Gasteiger partial charge in [0.2, 0.25) is 0 Å². The molecule has 9 aromatic heterocycles. The first-order chi connectivity index (χ1) is 52.5. The fourth-order valence-electron chi connectivity index (χ4n) is 14.2. The molecule has 22 heteroatoms. The minimum absolute atomic E-state index is 0.127. The van der Waals surface area contributed by atoms with Gasteiger partial charge < -0.3 is 18.1 Å². The van der Waals surface area contributed by atoms with Gasteiger partial charge in [-0.3, -0.25) is 39.0 Å². The third-order valence-electron chi connectivity index (χ3n) is 19.2. The van der Waals surface area contributed by atoms with Gasteiger partial charge in [-0.1, -0.05) is 152 Å². The van der Waals surface area contributed by atoms with Crippen molar-refractivity contribution < 1.29 is 18.1 Å². The smallest absolute Gasteiger partial charge is 0.141 e. The Morgan fingerprint density at radius 2 is 0.880 bits per heavy atom. The van der Waals surface area contributed by atoms with Gasteiger partial charge in [0.25, 0.3) is 0 Å². The summed E-state index contributed by atoms with van der Waals surface area (Å²) in [6, 6.07) is 64.3. The average molecular weight is 1710 g/mol. The van der Waals surface area contributed by atoms with Crippen LogP contribution in [0.2, 0.25) is 0 Å². The van der Waals surface area contributed by atoms with Crippen molar-refractivity contribution in [3.8, 4) is 55.8 Å². The quantitative estimate of drug-likeness (QED) is 0.110. The molecule has 0 amide bonds. The molecule has 0 aliphatic carbocycles. The van der Waals surface area contributed by atoms with E-state index >= 15 is 0 Å². The van der Waals surface area contributed by atoms with Crippen LogP contribution in [0.3, 0.4) is 0 Å². The minimum atomic E-state index is -0.203. The molecule has 0 bridgehead atoms. The Morgan fingerprint density at radius 1 is 0.435 bits per heavy atom. The molecule has 12 heterocycles. The second-order valence-electron chi connectivity index (χ2n) is 26.5. The largest absolute Gasteiger partial charge is 0.361 e. The van der Waals surface area contributed by atoms with Gasteiger partial charge in [0.05, 0.1) is 71.0 Å². The first kappa shape index (κ1) is 72.3. The fourth-order valence-corrected chi connectivity index (χ4v) is 16.0. The molecule has 3 aliphatic rings. The Hall–Kier alpha value is -11.2. The van der Waals surface area contributed by atoms with E-state index in [0.717, 1.165) is 166 Å². The van der Waals surface area contributed by atoms with Gasteiger partial charge in [-0.05, 0) is 235 Å². The highest BCUT2D eigenvalue weighted by molar-refractivity contribution is 14.1. The van der Waals surface area contributed by atoms with Crippen molar-refractivity contribution in [2.45, 2.75) is 87.1 Å². The fraction of sp³-hybridized carbons (Fsp3) is 0.163. The van der Waals surface area contributed by atoms with Gasteiger partial charge in [0, 0.05) is 86.7 Å². The van der Waals surface area contributed by atoms with Crippen LogP contribution in [0.1, 0.15) is 114 Å². The van der Waals surface area contributed by atoms with Crippen molar-refractivity contribution in [3.63, 3.8) is 0 Å². The Bertz CT molecular complexity index is 5890. The number of hydrogen-bond donors (Lipinski definition) is 0. The highest BCUT2D eigenvalue weighted by Gasteiger charge is 2.28. The lowest BCUT2D eigenvalue weighted by molar-refractivity contribution is 0.393. The van der Waals surface area contributed by atoms with E-state index in [-0.39, 0.29) is 12.1 Å². The van der Waals surface area contributed by atoms with Gasteiger partial charge in [0.1, 0.15) is 48.2 Å². The van der Waals surface area contributed by atoms with Crippen LogP contribution in [0.4, 0.5) is 0 Å². The van der Waals surface area contributed by atoms with Gasteiger partial charge in [0.15, 0.2) is 0 Å². The number of nitrogens with zero attached hydrogens (tertiary/aromatic N) is 15. The molecule has 0 saturated heterocycles. The predicted molar refractivity (Wildman–Crippen MR) is 444 cm³/mol. The van der Waals surface area contributed by atoms with Crippen LogP contribution in [0.25, 0.3) is 77.6 Å². The first-order valence-corrected chi connectivity index (χ1v) is 38.0. The number of fused-ring (bicyclic) bond motifs is 5.